The molecule has 1 aromatic carbocycles. The van der Waals surface area contributed by atoms with Gasteiger partial charge in [-0.25, -0.2) is 4.79 Å². The van der Waals surface area contributed by atoms with Gasteiger partial charge < -0.3 is 0 Å². The molecule has 0 radical (unpaired) electrons. The molecule has 0 aromatic heterocycles. The lowest BCUT2D eigenvalue weighted by Gasteiger charge is -2.07. The van der Waals surface area contributed by atoms with Crippen LogP contribution in [0.25, 0.3) is 0 Å². The van der Waals surface area contributed by atoms with E-state index in [0.29, 0.717) is 5.75 Å². The topological polar surface area (TPSA) is 35.5 Å². The molecule has 0 aliphatic rings. The molecule has 1 aromatic rings. The van der Waals surface area contributed by atoms with Crippen LogP contribution in [-0.4, -0.2) is 5.97 Å². The van der Waals surface area contributed by atoms with Crippen LogP contribution in [0.15, 0.2) is 23.1 Å². The van der Waals surface area contributed by atoms with Crippen molar-refractivity contribution in [2.45, 2.75) is 25.2 Å². The maximum Gasteiger partial charge on any atom is 0.352 e. The van der Waals surface area contributed by atoms with Crippen LogP contribution in [0.2, 0.25) is 0 Å². The molecule has 0 saturated carbocycles. The van der Waals surface area contributed by atoms with Gasteiger partial charge in [0.2, 0.25) is 0 Å². The third-order valence-corrected chi connectivity index (χ3v) is 1.95. The van der Waals surface area contributed by atoms with Gasteiger partial charge in [0.1, 0.15) is 0 Å². The average Bonchev–Trinajstić information content (AvgIpc) is 2.15. The Labute approximate surface area is 88.4 Å². The van der Waals surface area contributed by atoms with E-state index in [4.69, 9.17) is 4.89 Å². The fourth-order valence-electron chi connectivity index (χ4n) is 1.03. The van der Waals surface area contributed by atoms with Crippen LogP contribution in [0, 0.1) is 0 Å². The Bertz CT molecular complexity index is 336. The first kappa shape index (κ1) is 10.9. The first-order valence-electron chi connectivity index (χ1n) is 4.30. The standard InChI is InChI=1S/C10H12O3S/c1-3-8-6-9(14)4-5-10(8)13-12-7(2)11/h4-6,14H,3H2,1-2H3. The van der Waals surface area contributed by atoms with Crippen LogP contribution in [0.1, 0.15) is 19.4 Å². The molecule has 76 valence electrons. The molecule has 0 aliphatic heterocycles. The van der Waals surface area contributed by atoms with Gasteiger partial charge in [-0.3, -0.25) is 9.78 Å². The minimum atomic E-state index is -0.470. The molecule has 0 bridgehead atoms. The number of rotatable bonds is 3. The van der Waals surface area contributed by atoms with Crippen molar-refractivity contribution in [1.29, 1.82) is 0 Å². The zero-order valence-corrected chi connectivity index (χ0v) is 9.01. The number of hydrogen-bond donors (Lipinski definition) is 1. The van der Waals surface area contributed by atoms with Crippen molar-refractivity contribution in [2.24, 2.45) is 0 Å². The lowest BCUT2D eigenvalue weighted by Crippen LogP contribution is -2.04. The summed E-state index contributed by atoms with van der Waals surface area (Å²) in [5.41, 5.74) is 0.957. The Morgan fingerprint density at radius 1 is 1.50 bits per heavy atom. The predicted octanol–water partition coefficient (Wildman–Crippen LogP) is 2.39. The van der Waals surface area contributed by atoms with Crippen molar-refractivity contribution in [3.8, 4) is 5.75 Å². The number of hydrogen-bond acceptors (Lipinski definition) is 4. The van der Waals surface area contributed by atoms with Crippen LogP contribution in [0.3, 0.4) is 0 Å². The summed E-state index contributed by atoms with van der Waals surface area (Å²) in [4.78, 5) is 20.7. The molecule has 0 heterocycles. The monoisotopic (exact) mass is 212 g/mol. The Morgan fingerprint density at radius 2 is 2.21 bits per heavy atom. The summed E-state index contributed by atoms with van der Waals surface area (Å²) in [6.07, 6.45) is 0.797. The lowest BCUT2D eigenvalue weighted by molar-refractivity contribution is -0.211. The highest BCUT2D eigenvalue weighted by Gasteiger charge is 2.04. The summed E-state index contributed by atoms with van der Waals surface area (Å²) in [6.45, 7) is 3.28. The largest absolute Gasteiger partial charge is 0.352 e. The molecule has 0 N–H and O–H groups in total. The van der Waals surface area contributed by atoms with E-state index in [2.05, 4.69) is 17.5 Å². The molecule has 0 atom stereocenters. The second kappa shape index (κ2) is 4.91. The van der Waals surface area contributed by atoms with Gasteiger partial charge in [0.05, 0.1) is 0 Å². The summed E-state index contributed by atoms with van der Waals surface area (Å²) in [5, 5.41) is 0. The highest BCUT2D eigenvalue weighted by Crippen LogP contribution is 2.22. The van der Waals surface area contributed by atoms with Gasteiger partial charge >= 0.3 is 5.97 Å². The van der Waals surface area contributed by atoms with Crippen LogP contribution >= 0.6 is 12.6 Å². The SMILES string of the molecule is CCc1cc(S)ccc1OOC(C)=O. The average molecular weight is 212 g/mol. The Morgan fingerprint density at radius 3 is 2.79 bits per heavy atom. The Balaban J connectivity index is 2.80. The second-order valence-electron chi connectivity index (χ2n) is 2.80. The van der Waals surface area contributed by atoms with E-state index in [0.717, 1.165) is 16.9 Å². The summed E-state index contributed by atoms with van der Waals surface area (Å²) >= 11 is 4.20. The van der Waals surface area contributed by atoms with Crippen LogP contribution < -0.4 is 4.89 Å². The normalized spacial score (nSPS) is 9.64. The van der Waals surface area contributed by atoms with Crippen molar-refractivity contribution in [2.75, 3.05) is 0 Å². The molecule has 0 amide bonds. The highest BCUT2D eigenvalue weighted by molar-refractivity contribution is 7.80. The van der Waals surface area contributed by atoms with Crippen LogP contribution in [0.5, 0.6) is 5.75 Å². The zero-order valence-electron chi connectivity index (χ0n) is 8.11. The highest BCUT2D eigenvalue weighted by atomic mass is 32.1. The summed E-state index contributed by atoms with van der Waals surface area (Å²) in [5.74, 6) is 0.0857. The molecule has 0 aliphatic carbocycles. The summed E-state index contributed by atoms with van der Waals surface area (Å²) in [6, 6.07) is 5.38. The van der Waals surface area contributed by atoms with E-state index in [-0.39, 0.29) is 0 Å². The maximum absolute atomic E-state index is 10.5. The number of benzene rings is 1. The molecule has 4 heteroatoms. The fourth-order valence-corrected chi connectivity index (χ4v) is 1.26. The van der Waals surface area contributed by atoms with Gasteiger partial charge in [0.25, 0.3) is 0 Å². The molecule has 3 nitrogen and oxygen atoms in total. The summed E-state index contributed by atoms with van der Waals surface area (Å²) < 4.78 is 0. The quantitative estimate of drug-likeness (QED) is 0.474. The Kier molecular flexibility index (Phi) is 3.83. The maximum atomic E-state index is 10.5. The van der Waals surface area contributed by atoms with Gasteiger partial charge in [0.15, 0.2) is 5.75 Å². The third-order valence-electron chi connectivity index (χ3n) is 1.67. The number of aryl methyl sites for hydroxylation is 1. The van der Waals surface area contributed by atoms with Crippen molar-refractivity contribution in [1.82, 2.24) is 0 Å². The van der Waals surface area contributed by atoms with Crippen molar-refractivity contribution in [3.63, 3.8) is 0 Å². The number of thiol groups is 1. The fraction of sp³-hybridized carbons (Fsp3) is 0.300. The van der Waals surface area contributed by atoms with Gasteiger partial charge in [-0.2, -0.15) is 0 Å². The van der Waals surface area contributed by atoms with E-state index in [9.17, 15) is 4.79 Å². The molecule has 0 saturated heterocycles. The second-order valence-corrected chi connectivity index (χ2v) is 3.32. The minimum absolute atomic E-state index is 0.470. The smallest absolute Gasteiger partial charge is 0.287 e. The van der Waals surface area contributed by atoms with Crippen molar-refractivity contribution in [3.05, 3.63) is 23.8 Å². The van der Waals surface area contributed by atoms with E-state index >= 15 is 0 Å². The van der Waals surface area contributed by atoms with Crippen LogP contribution in [0.4, 0.5) is 0 Å². The molecular formula is C10H12O3S. The minimum Gasteiger partial charge on any atom is -0.287 e. The molecule has 0 fully saturated rings. The molecule has 0 unspecified atom stereocenters. The summed E-state index contributed by atoms with van der Waals surface area (Å²) in [7, 11) is 0. The predicted molar refractivity (Wildman–Crippen MR) is 55.5 cm³/mol. The van der Waals surface area contributed by atoms with E-state index in [1.165, 1.54) is 6.92 Å². The molecular weight excluding hydrogens is 200 g/mol. The van der Waals surface area contributed by atoms with Crippen molar-refractivity contribution < 1.29 is 14.6 Å². The molecule has 0 spiro atoms. The van der Waals surface area contributed by atoms with E-state index in [1.807, 2.05) is 13.0 Å². The molecule has 14 heavy (non-hydrogen) atoms. The van der Waals surface area contributed by atoms with Gasteiger partial charge in [0, 0.05) is 17.4 Å². The van der Waals surface area contributed by atoms with E-state index < -0.39 is 5.97 Å². The molecule has 1 rings (SSSR count). The van der Waals surface area contributed by atoms with Crippen LogP contribution in [-0.2, 0) is 16.1 Å². The van der Waals surface area contributed by atoms with Gasteiger partial charge in [-0.1, -0.05) is 6.92 Å². The third kappa shape index (κ3) is 2.96. The zero-order chi connectivity index (χ0) is 10.6. The number of carbonyl (C=O) groups excluding carboxylic acids is 1. The van der Waals surface area contributed by atoms with E-state index in [1.54, 1.807) is 12.1 Å². The number of carbonyl (C=O) groups is 1. The van der Waals surface area contributed by atoms with Gasteiger partial charge in [-0.15, -0.1) is 12.6 Å². The lowest BCUT2D eigenvalue weighted by atomic mass is 10.1. The first-order valence-corrected chi connectivity index (χ1v) is 4.75. The van der Waals surface area contributed by atoms with Crippen molar-refractivity contribution >= 4 is 18.6 Å². The first-order chi connectivity index (χ1) is 6.63. The van der Waals surface area contributed by atoms with Gasteiger partial charge in [-0.05, 0) is 24.6 Å². The Hall–Kier alpha value is -1.16.